The number of rotatable bonds is 9. The van der Waals surface area contributed by atoms with E-state index >= 15 is 0 Å². The SMILES string of the molecule is C/C=C/C[Si](CCC)(CCC)CCN1CCCCC1. The van der Waals surface area contributed by atoms with Crippen molar-refractivity contribution in [2.24, 2.45) is 0 Å². The van der Waals surface area contributed by atoms with Crippen LogP contribution >= 0.6 is 0 Å². The molecule has 0 saturated carbocycles. The number of piperidine rings is 1. The molecule has 1 rings (SSSR count). The molecule has 0 aromatic carbocycles. The molecule has 1 fully saturated rings. The van der Waals surface area contributed by atoms with Crippen LogP contribution in [0.25, 0.3) is 0 Å². The van der Waals surface area contributed by atoms with E-state index in [0.717, 1.165) is 0 Å². The Morgan fingerprint density at radius 2 is 1.58 bits per heavy atom. The first-order chi connectivity index (χ1) is 9.26. The fourth-order valence-electron chi connectivity index (χ4n) is 3.69. The molecule has 1 saturated heterocycles. The Morgan fingerprint density at radius 1 is 0.947 bits per heavy atom. The molecule has 1 aliphatic rings. The normalized spacial score (nSPS) is 18.3. The highest BCUT2D eigenvalue weighted by Gasteiger charge is 2.30. The van der Waals surface area contributed by atoms with Crippen molar-refractivity contribution in [1.29, 1.82) is 0 Å². The van der Waals surface area contributed by atoms with Gasteiger partial charge in [0.05, 0.1) is 8.07 Å². The second kappa shape index (κ2) is 9.76. The molecular formula is C17H35NSi. The monoisotopic (exact) mass is 281 g/mol. The van der Waals surface area contributed by atoms with E-state index in [-0.39, 0.29) is 0 Å². The molecule has 0 atom stereocenters. The van der Waals surface area contributed by atoms with Crippen LogP contribution < -0.4 is 0 Å². The van der Waals surface area contributed by atoms with Crippen LogP contribution in [-0.4, -0.2) is 32.6 Å². The molecule has 2 heteroatoms. The van der Waals surface area contributed by atoms with E-state index in [1.165, 1.54) is 57.8 Å². The zero-order valence-corrected chi connectivity index (χ0v) is 14.6. The zero-order valence-electron chi connectivity index (χ0n) is 13.6. The van der Waals surface area contributed by atoms with Gasteiger partial charge in [-0.2, -0.15) is 0 Å². The molecule has 0 aromatic heterocycles. The molecule has 0 bridgehead atoms. The number of hydrogen-bond donors (Lipinski definition) is 0. The Labute approximate surface area is 122 Å². The Hall–Kier alpha value is -0.0831. The van der Waals surface area contributed by atoms with Crippen molar-refractivity contribution in [1.82, 2.24) is 4.90 Å². The predicted molar refractivity (Wildman–Crippen MR) is 90.7 cm³/mol. The van der Waals surface area contributed by atoms with Crippen LogP contribution in [0.15, 0.2) is 12.2 Å². The lowest BCUT2D eigenvalue weighted by molar-refractivity contribution is 0.239. The average Bonchev–Trinajstić information content (AvgIpc) is 2.45. The summed E-state index contributed by atoms with van der Waals surface area (Å²) in [5.74, 6) is 0. The van der Waals surface area contributed by atoms with Gasteiger partial charge in [0.15, 0.2) is 0 Å². The van der Waals surface area contributed by atoms with E-state index in [9.17, 15) is 0 Å². The standard InChI is InChI=1S/C17H35NSi/c1-4-7-16-19(14-5-2,15-6-3)17-13-18-11-9-8-10-12-18/h4,7H,5-6,8-17H2,1-3H3/b7-4+. The van der Waals surface area contributed by atoms with Crippen LogP contribution in [0.2, 0.25) is 24.2 Å². The molecule has 112 valence electrons. The van der Waals surface area contributed by atoms with Gasteiger partial charge in [0.25, 0.3) is 0 Å². The summed E-state index contributed by atoms with van der Waals surface area (Å²) in [6.07, 6.45) is 11.9. The summed E-state index contributed by atoms with van der Waals surface area (Å²) >= 11 is 0. The van der Waals surface area contributed by atoms with E-state index < -0.39 is 8.07 Å². The molecule has 0 amide bonds. The number of hydrogen-bond acceptors (Lipinski definition) is 1. The van der Waals surface area contributed by atoms with Crippen molar-refractivity contribution in [2.45, 2.75) is 77.1 Å². The summed E-state index contributed by atoms with van der Waals surface area (Å²) in [6.45, 7) is 11.1. The summed E-state index contributed by atoms with van der Waals surface area (Å²) in [4.78, 5) is 2.74. The first-order valence-corrected chi connectivity index (χ1v) is 11.4. The average molecular weight is 282 g/mol. The first kappa shape index (κ1) is 17.0. The highest BCUT2D eigenvalue weighted by molar-refractivity contribution is 6.80. The smallest absolute Gasteiger partial charge is 0.0585 e. The lowest BCUT2D eigenvalue weighted by Crippen LogP contribution is -2.39. The third-order valence-electron chi connectivity index (χ3n) is 4.75. The molecule has 0 aliphatic carbocycles. The van der Waals surface area contributed by atoms with E-state index in [4.69, 9.17) is 0 Å². The van der Waals surface area contributed by atoms with Gasteiger partial charge in [-0.05, 0) is 51.5 Å². The van der Waals surface area contributed by atoms with Crippen molar-refractivity contribution in [3.8, 4) is 0 Å². The van der Waals surface area contributed by atoms with Crippen molar-refractivity contribution < 1.29 is 0 Å². The molecule has 0 N–H and O–H groups in total. The number of allylic oxidation sites excluding steroid dienone is 2. The van der Waals surface area contributed by atoms with Gasteiger partial charge in [0, 0.05) is 0 Å². The minimum atomic E-state index is -1.03. The summed E-state index contributed by atoms with van der Waals surface area (Å²) in [5.41, 5.74) is 0. The van der Waals surface area contributed by atoms with Crippen molar-refractivity contribution in [3.05, 3.63) is 12.2 Å². The molecule has 19 heavy (non-hydrogen) atoms. The lowest BCUT2D eigenvalue weighted by atomic mass is 10.1. The molecule has 0 unspecified atom stereocenters. The van der Waals surface area contributed by atoms with E-state index in [0.29, 0.717) is 0 Å². The van der Waals surface area contributed by atoms with Gasteiger partial charge in [-0.3, -0.25) is 0 Å². The first-order valence-electron chi connectivity index (χ1n) is 8.60. The van der Waals surface area contributed by atoms with Crippen molar-refractivity contribution in [3.63, 3.8) is 0 Å². The minimum Gasteiger partial charge on any atom is -0.304 e. The predicted octanol–water partition coefficient (Wildman–Crippen LogP) is 5.32. The van der Waals surface area contributed by atoms with Gasteiger partial charge in [0.1, 0.15) is 0 Å². The fourth-order valence-corrected chi connectivity index (χ4v) is 8.70. The number of likely N-dealkylation sites (tertiary alicyclic amines) is 1. The Bertz CT molecular complexity index is 238. The third-order valence-corrected chi connectivity index (χ3v) is 10.3. The largest absolute Gasteiger partial charge is 0.304 e. The molecule has 0 aromatic rings. The zero-order chi connectivity index (χ0) is 14.0. The second-order valence-corrected chi connectivity index (χ2v) is 11.3. The van der Waals surface area contributed by atoms with Crippen LogP contribution in [-0.2, 0) is 0 Å². The van der Waals surface area contributed by atoms with Gasteiger partial charge < -0.3 is 4.90 Å². The molecule has 0 radical (unpaired) electrons. The maximum absolute atomic E-state index is 2.74. The Kier molecular flexibility index (Phi) is 8.72. The van der Waals surface area contributed by atoms with Gasteiger partial charge in [0.2, 0.25) is 0 Å². The van der Waals surface area contributed by atoms with E-state index in [2.05, 4.69) is 37.8 Å². The quantitative estimate of drug-likeness (QED) is 0.408. The fraction of sp³-hybridized carbons (Fsp3) is 0.882. The van der Waals surface area contributed by atoms with Crippen LogP contribution in [0.3, 0.4) is 0 Å². The Morgan fingerprint density at radius 3 is 2.11 bits per heavy atom. The van der Waals surface area contributed by atoms with Crippen LogP contribution in [0.5, 0.6) is 0 Å². The van der Waals surface area contributed by atoms with Crippen LogP contribution in [0, 0.1) is 0 Å². The maximum Gasteiger partial charge on any atom is 0.0585 e. The van der Waals surface area contributed by atoms with Gasteiger partial charge >= 0.3 is 0 Å². The highest BCUT2D eigenvalue weighted by atomic mass is 28.3. The maximum atomic E-state index is 2.74. The summed E-state index contributed by atoms with van der Waals surface area (Å²) < 4.78 is 0. The van der Waals surface area contributed by atoms with Gasteiger partial charge in [-0.1, -0.05) is 57.4 Å². The molecule has 1 nitrogen and oxygen atoms in total. The van der Waals surface area contributed by atoms with Crippen molar-refractivity contribution in [2.75, 3.05) is 19.6 Å². The number of nitrogens with zero attached hydrogens (tertiary/aromatic N) is 1. The van der Waals surface area contributed by atoms with Gasteiger partial charge in [-0.25, -0.2) is 0 Å². The molecular weight excluding hydrogens is 246 g/mol. The summed E-state index contributed by atoms with van der Waals surface area (Å²) in [5, 5.41) is 0. The van der Waals surface area contributed by atoms with Crippen LogP contribution in [0.1, 0.15) is 52.9 Å². The molecule has 1 heterocycles. The lowest BCUT2D eigenvalue weighted by Gasteiger charge is -2.34. The Balaban J connectivity index is 2.53. The third kappa shape index (κ3) is 6.27. The minimum absolute atomic E-state index is 1.03. The second-order valence-electron chi connectivity index (χ2n) is 6.43. The van der Waals surface area contributed by atoms with E-state index in [1.807, 2.05) is 0 Å². The molecule has 1 aliphatic heterocycles. The van der Waals surface area contributed by atoms with Crippen LogP contribution in [0.4, 0.5) is 0 Å². The summed E-state index contributed by atoms with van der Waals surface area (Å²) in [7, 11) is -1.03. The summed E-state index contributed by atoms with van der Waals surface area (Å²) in [6, 6.07) is 6.05. The molecule has 0 spiro atoms. The topological polar surface area (TPSA) is 3.24 Å². The van der Waals surface area contributed by atoms with Crippen molar-refractivity contribution >= 4 is 8.07 Å². The van der Waals surface area contributed by atoms with E-state index in [1.54, 1.807) is 18.1 Å². The highest BCUT2D eigenvalue weighted by Crippen LogP contribution is 2.30. The van der Waals surface area contributed by atoms with Gasteiger partial charge in [-0.15, -0.1) is 0 Å².